The molecule has 45 heavy (non-hydrogen) atoms. The van der Waals surface area contributed by atoms with Gasteiger partial charge >= 0.3 is 12.1 Å². The number of aliphatic imine (C=N–C) groups is 1. The first-order valence-corrected chi connectivity index (χ1v) is 15.5. The van der Waals surface area contributed by atoms with Crippen LogP contribution in [0, 0.1) is 10.1 Å². The number of carbonyl (C=O) groups is 3. The molecule has 0 saturated carbocycles. The second kappa shape index (κ2) is 12.9. The molecule has 2 aliphatic rings. The molecule has 1 saturated heterocycles. The number of alkyl halides is 3. The van der Waals surface area contributed by atoms with Gasteiger partial charge in [-0.05, 0) is 34.4 Å². The number of hydrogen-bond donors (Lipinski definition) is 0. The van der Waals surface area contributed by atoms with Crippen molar-refractivity contribution >= 4 is 52.4 Å². The van der Waals surface area contributed by atoms with Crippen molar-refractivity contribution in [1.82, 2.24) is 4.90 Å². The van der Waals surface area contributed by atoms with Crippen molar-refractivity contribution in [1.29, 1.82) is 0 Å². The summed E-state index contributed by atoms with van der Waals surface area (Å²) in [6.07, 6.45) is -5.24. The molecule has 0 bridgehead atoms. The Morgan fingerprint density at radius 1 is 1.09 bits per heavy atom. The lowest BCUT2D eigenvalue weighted by Crippen LogP contribution is -2.78. The first-order chi connectivity index (χ1) is 21.4. The summed E-state index contributed by atoms with van der Waals surface area (Å²) in [6, 6.07) is 22.2. The molecule has 2 heterocycles. The van der Waals surface area contributed by atoms with Crippen LogP contribution in [-0.2, 0) is 19.1 Å². The van der Waals surface area contributed by atoms with Crippen LogP contribution in [0.5, 0.6) is 0 Å². The molecule has 0 N–H and O–H groups in total. The van der Waals surface area contributed by atoms with Gasteiger partial charge in [0, 0.05) is 36.8 Å². The molecule has 14 heteroatoms. The van der Waals surface area contributed by atoms with Gasteiger partial charge in [0.1, 0.15) is 11.1 Å². The largest absolute Gasteiger partial charge is 0.448 e. The Morgan fingerprint density at radius 2 is 1.67 bits per heavy atom. The zero-order valence-corrected chi connectivity index (χ0v) is 25.1. The SMILES string of the molecule is CC(=O)SCC1=C(C(=O)OC(c2ccccc2)c2ccccc2)N2C(=O)C(N=Cc3ccc([N+](=O)[O-])cc3)(C(F)(F)F)[C@H]2SC1. The topological polar surface area (TPSA) is 119 Å². The quantitative estimate of drug-likeness (QED) is 0.0893. The van der Waals surface area contributed by atoms with E-state index in [0.717, 1.165) is 46.8 Å². The molecule has 0 radical (unpaired) electrons. The summed E-state index contributed by atoms with van der Waals surface area (Å²) in [5, 5.41) is 9.03. The highest BCUT2D eigenvalue weighted by Gasteiger charge is 2.77. The standard InChI is InChI=1S/C31H24F3N3O6S2/c1-19(38)44-17-23-18-45-29-30(31(32,33)34,35-16-20-12-14-24(15-13-20)37(41)42)28(40)36(29)25(23)27(39)43-26(21-8-4-2-5-9-21)22-10-6-3-7-11-22/h2-16,26,29H,17-18H2,1H3/t29-,30?/m1/s1. The van der Waals surface area contributed by atoms with E-state index in [4.69, 9.17) is 4.74 Å². The van der Waals surface area contributed by atoms with Crippen LogP contribution in [0.3, 0.4) is 0 Å². The van der Waals surface area contributed by atoms with Crippen molar-refractivity contribution in [2.75, 3.05) is 11.5 Å². The van der Waals surface area contributed by atoms with Crippen LogP contribution in [0.1, 0.15) is 29.7 Å². The number of amides is 1. The maximum Gasteiger partial charge on any atom is 0.425 e. The third kappa shape index (κ3) is 6.25. The minimum Gasteiger partial charge on any atom is -0.448 e. The van der Waals surface area contributed by atoms with Gasteiger partial charge in [-0.2, -0.15) is 13.2 Å². The number of nitrogens with zero attached hydrogens (tertiary/aromatic N) is 3. The second-order valence-electron chi connectivity index (χ2n) is 10.0. The first-order valence-electron chi connectivity index (χ1n) is 13.4. The Hall–Kier alpha value is -4.43. The smallest absolute Gasteiger partial charge is 0.425 e. The molecule has 0 aliphatic carbocycles. The molecule has 1 fully saturated rings. The van der Waals surface area contributed by atoms with Crippen LogP contribution in [0.4, 0.5) is 18.9 Å². The number of nitro groups is 1. The van der Waals surface area contributed by atoms with Gasteiger partial charge in [0.25, 0.3) is 17.1 Å². The number of ether oxygens (including phenoxy) is 1. The normalized spacial score (nSPS) is 19.8. The number of fused-ring (bicyclic) bond motifs is 1. The highest BCUT2D eigenvalue weighted by atomic mass is 32.2. The third-order valence-corrected chi connectivity index (χ3v) is 9.44. The molecule has 9 nitrogen and oxygen atoms in total. The van der Waals surface area contributed by atoms with Gasteiger partial charge in [-0.3, -0.25) is 29.6 Å². The average molecular weight is 656 g/mol. The van der Waals surface area contributed by atoms with Crippen molar-refractivity contribution < 1.29 is 37.2 Å². The van der Waals surface area contributed by atoms with Gasteiger partial charge < -0.3 is 4.74 Å². The maximum atomic E-state index is 14.7. The summed E-state index contributed by atoms with van der Waals surface area (Å²) in [5.74, 6) is -2.61. The van der Waals surface area contributed by atoms with Crippen molar-refractivity contribution in [3.63, 3.8) is 0 Å². The van der Waals surface area contributed by atoms with Crippen LogP contribution >= 0.6 is 23.5 Å². The van der Waals surface area contributed by atoms with E-state index in [9.17, 15) is 37.7 Å². The van der Waals surface area contributed by atoms with Gasteiger partial charge in [0.05, 0.1) is 4.92 Å². The zero-order chi connectivity index (χ0) is 32.4. The number of hydrogen-bond acceptors (Lipinski definition) is 9. The Bertz CT molecular complexity index is 1640. The summed E-state index contributed by atoms with van der Waals surface area (Å²) in [5.41, 5.74) is -2.23. The molecule has 1 unspecified atom stereocenters. The molecule has 3 aromatic carbocycles. The van der Waals surface area contributed by atoms with Gasteiger partial charge in [-0.15, -0.1) is 11.8 Å². The molecule has 1 amide bonds. The van der Waals surface area contributed by atoms with Gasteiger partial charge in [-0.1, -0.05) is 72.4 Å². The molecular formula is C31H24F3N3O6S2. The zero-order valence-electron chi connectivity index (χ0n) is 23.5. The summed E-state index contributed by atoms with van der Waals surface area (Å²) >= 11 is 1.64. The molecular weight excluding hydrogens is 631 g/mol. The fourth-order valence-electron chi connectivity index (χ4n) is 4.95. The van der Waals surface area contributed by atoms with E-state index in [0.29, 0.717) is 11.1 Å². The van der Waals surface area contributed by atoms with E-state index in [2.05, 4.69) is 4.99 Å². The second-order valence-corrected chi connectivity index (χ2v) is 12.3. The summed E-state index contributed by atoms with van der Waals surface area (Å²) in [6.45, 7) is 1.32. The fourth-order valence-corrected chi connectivity index (χ4v) is 7.18. The molecule has 2 atom stereocenters. The summed E-state index contributed by atoms with van der Waals surface area (Å²) in [7, 11) is 0. The highest BCUT2D eigenvalue weighted by molar-refractivity contribution is 8.13. The lowest BCUT2D eigenvalue weighted by molar-refractivity contribution is -0.384. The Balaban J connectivity index is 1.52. The predicted octanol–water partition coefficient (Wildman–Crippen LogP) is 6.10. The number of carbonyl (C=O) groups excluding carboxylic acids is 3. The fraction of sp³-hybridized carbons (Fsp3) is 0.226. The first kappa shape index (κ1) is 32.0. The van der Waals surface area contributed by atoms with Gasteiger partial charge in [-0.25, -0.2) is 4.79 Å². The number of β-lactam (4-membered cyclic amide) rings is 1. The Labute approximate surface area is 263 Å². The monoisotopic (exact) mass is 655 g/mol. The number of halogens is 3. The minimum absolute atomic E-state index is 0.0321. The average Bonchev–Trinajstić information content (AvgIpc) is 3.02. The summed E-state index contributed by atoms with van der Waals surface area (Å²) in [4.78, 5) is 54.1. The Kier molecular flexibility index (Phi) is 9.16. The number of esters is 1. The number of non-ortho nitro benzene ring substituents is 1. The van der Waals surface area contributed by atoms with E-state index in [1.165, 1.54) is 19.1 Å². The number of benzene rings is 3. The molecule has 0 aromatic heterocycles. The van der Waals surface area contributed by atoms with E-state index in [1.54, 1.807) is 60.7 Å². The van der Waals surface area contributed by atoms with E-state index < -0.39 is 40.0 Å². The van der Waals surface area contributed by atoms with E-state index in [1.807, 2.05) is 0 Å². The number of nitro benzene ring substituents is 1. The van der Waals surface area contributed by atoms with Gasteiger partial charge in [0.2, 0.25) is 0 Å². The predicted molar refractivity (Wildman–Crippen MR) is 164 cm³/mol. The Morgan fingerprint density at radius 3 is 2.18 bits per heavy atom. The number of rotatable bonds is 9. The number of thioether (sulfide) groups is 2. The van der Waals surface area contributed by atoms with Crippen LogP contribution in [-0.4, -0.2) is 61.6 Å². The maximum absolute atomic E-state index is 14.7. The highest BCUT2D eigenvalue weighted by Crippen LogP contribution is 2.55. The molecule has 0 spiro atoms. The molecule has 232 valence electrons. The minimum atomic E-state index is -5.15. The van der Waals surface area contributed by atoms with Crippen LogP contribution < -0.4 is 0 Å². The van der Waals surface area contributed by atoms with Crippen molar-refractivity contribution in [3.8, 4) is 0 Å². The van der Waals surface area contributed by atoms with E-state index in [-0.39, 0.29) is 39.1 Å². The molecule has 2 aliphatic heterocycles. The molecule has 3 aromatic rings. The van der Waals surface area contributed by atoms with Crippen molar-refractivity contribution in [3.05, 3.63) is 123 Å². The van der Waals surface area contributed by atoms with Crippen LogP contribution in [0.2, 0.25) is 0 Å². The van der Waals surface area contributed by atoms with Crippen LogP contribution in [0.15, 0.2) is 101 Å². The molecule has 5 rings (SSSR count). The third-order valence-electron chi connectivity index (χ3n) is 7.15. The summed E-state index contributed by atoms with van der Waals surface area (Å²) < 4.78 is 50.2. The van der Waals surface area contributed by atoms with E-state index >= 15 is 0 Å². The lowest BCUT2D eigenvalue weighted by atomic mass is 9.86. The van der Waals surface area contributed by atoms with Gasteiger partial charge in [0.15, 0.2) is 11.2 Å². The lowest BCUT2D eigenvalue weighted by Gasteiger charge is -2.55. The van der Waals surface area contributed by atoms with Crippen molar-refractivity contribution in [2.24, 2.45) is 4.99 Å². The van der Waals surface area contributed by atoms with Crippen molar-refractivity contribution in [2.45, 2.75) is 30.1 Å². The van der Waals surface area contributed by atoms with Crippen LogP contribution in [0.25, 0.3) is 0 Å².